The fraction of sp³-hybridized carbons (Fsp3) is 0.174. The van der Waals surface area contributed by atoms with Gasteiger partial charge in [-0.15, -0.1) is 11.3 Å². The molecular formula is C23H17ClF4N8O2S. The van der Waals surface area contributed by atoms with Crippen LogP contribution >= 0.6 is 22.9 Å². The zero-order chi connectivity index (χ0) is 28.2. The van der Waals surface area contributed by atoms with Crippen molar-refractivity contribution in [2.24, 2.45) is 0 Å². The second-order valence-corrected chi connectivity index (χ2v) is 9.36. The second-order valence-electron chi connectivity index (χ2n) is 7.89. The number of nitrogens with one attached hydrogen (secondary N) is 3. The highest BCUT2D eigenvalue weighted by Crippen LogP contribution is 2.35. The minimum Gasteiger partial charge on any atom is -0.366 e. The number of halogens is 5. The third-order valence-electron chi connectivity index (χ3n) is 5.03. The molecular weight excluding hydrogens is 564 g/mol. The van der Waals surface area contributed by atoms with Crippen LogP contribution in [-0.4, -0.2) is 36.7 Å². The number of nitrogens with zero attached hydrogens (tertiary/aromatic N) is 5. The summed E-state index contributed by atoms with van der Waals surface area (Å²) < 4.78 is 52.1. The summed E-state index contributed by atoms with van der Waals surface area (Å²) in [7, 11) is 0. The monoisotopic (exact) mass is 580 g/mol. The van der Waals surface area contributed by atoms with Gasteiger partial charge < -0.3 is 16.0 Å². The van der Waals surface area contributed by atoms with Crippen molar-refractivity contribution in [1.29, 1.82) is 0 Å². The van der Waals surface area contributed by atoms with Crippen molar-refractivity contribution in [3.05, 3.63) is 86.9 Å². The zero-order valence-corrected chi connectivity index (χ0v) is 21.3. The third kappa shape index (κ3) is 7.20. The maximum absolute atomic E-state index is 13.1. The van der Waals surface area contributed by atoms with Crippen molar-refractivity contribution in [2.45, 2.75) is 25.7 Å². The molecule has 3 N–H and O–H groups in total. The summed E-state index contributed by atoms with van der Waals surface area (Å²) in [6.45, 7) is 1.92. The van der Waals surface area contributed by atoms with Crippen LogP contribution in [0.1, 0.15) is 49.3 Å². The number of anilines is 2. The average molecular weight is 581 g/mol. The van der Waals surface area contributed by atoms with Gasteiger partial charge >= 0.3 is 6.18 Å². The molecule has 0 aliphatic carbocycles. The number of pyridine rings is 2. The SMILES string of the molecule is CC(NC(=O)c1cc(NCc2ccc(F)nc2)ncn1)c1ncc(C(=O)Nc2cc(C(F)(F)F)c(Cl)cn2)s1. The second kappa shape index (κ2) is 11.7. The van der Waals surface area contributed by atoms with E-state index < -0.39 is 40.6 Å². The van der Waals surface area contributed by atoms with Crippen LogP contribution in [0.4, 0.5) is 29.2 Å². The van der Waals surface area contributed by atoms with E-state index in [1.807, 2.05) is 0 Å². The molecule has 0 spiro atoms. The number of thiazole rings is 1. The Morgan fingerprint density at radius 1 is 1.00 bits per heavy atom. The molecule has 0 saturated carbocycles. The lowest BCUT2D eigenvalue weighted by Gasteiger charge is -2.12. The van der Waals surface area contributed by atoms with Crippen molar-refractivity contribution in [2.75, 3.05) is 10.6 Å². The summed E-state index contributed by atoms with van der Waals surface area (Å²) in [5.74, 6) is -1.85. The fourth-order valence-electron chi connectivity index (χ4n) is 3.11. The van der Waals surface area contributed by atoms with E-state index in [1.165, 1.54) is 30.9 Å². The van der Waals surface area contributed by atoms with Crippen LogP contribution in [0.5, 0.6) is 0 Å². The summed E-state index contributed by atoms with van der Waals surface area (Å²) in [5.41, 5.74) is -0.377. The number of hydrogen-bond donors (Lipinski definition) is 3. The normalized spacial score (nSPS) is 12.1. The van der Waals surface area contributed by atoms with Gasteiger partial charge in [-0.2, -0.15) is 17.6 Å². The maximum Gasteiger partial charge on any atom is 0.418 e. The quantitative estimate of drug-likeness (QED) is 0.198. The lowest BCUT2D eigenvalue weighted by molar-refractivity contribution is -0.137. The molecule has 0 aliphatic rings. The van der Waals surface area contributed by atoms with Crippen molar-refractivity contribution in [3.63, 3.8) is 0 Å². The first-order valence-electron chi connectivity index (χ1n) is 11.0. The Hall–Kier alpha value is -4.24. The van der Waals surface area contributed by atoms with Gasteiger partial charge in [-0.1, -0.05) is 17.7 Å². The van der Waals surface area contributed by atoms with E-state index in [2.05, 4.69) is 40.9 Å². The highest BCUT2D eigenvalue weighted by Gasteiger charge is 2.34. The van der Waals surface area contributed by atoms with E-state index >= 15 is 0 Å². The van der Waals surface area contributed by atoms with Gasteiger partial charge in [-0.25, -0.2) is 24.9 Å². The highest BCUT2D eigenvalue weighted by atomic mass is 35.5. The van der Waals surface area contributed by atoms with E-state index in [0.717, 1.165) is 17.5 Å². The number of aromatic nitrogens is 5. The Labute approximate surface area is 226 Å². The molecule has 4 aromatic rings. The van der Waals surface area contributed by atoms with Gasteiger partial charge in [-0.3, -0.25) is 9.59 Å². The Kier molecular flexibility index (Phi) is 8.30. The predicted octanol–water partition coefficient (Wildman–Crippen LogP) is 4.89. The van der Waals surface area contributed by atoms with Gasteiger partial charge in [0.05, 0.1) is 22.8 Å². The van der Waals surface area contributed by atoms with Crippen LogP contribution in [0, 0.1) is 5.95 Å². The topological polar surface area (TPSA) is 135 Å². The van der Waals surface area contributed by atoms with Crippen molar-refractivity contribution < 1.29 is 27.2 Å². The molecule has 4 heterocycles. The fourth-order valence-corrected chi connectivity index (χ4v) is 4.14. The highest BCUT2D eigenvalue weighted by molar-refractivity contribution is 7.13. The lowest BCUT2D eigenvalue weighted by atomic mass is 10.2. The number of carbonyl (C=O) groups is 2. The molecule has 10 nitrogen and oxygen atoms in total. The summed E-state index contributed by atoms with van der Waals surface area (Å²) in [6, 6.07) is 4.20. The van der Waals surface area contributed by atoms with E-state index in [9.17, 15) is 27.2 Å². The molecule has 0 saturated heterocycles. The molecule has 1 atom stereocenters. The van der Waals surface area contributed by atoms with Crippen LogP contribution in [-0.2, 0) is 12.7 Å². The molecule has 4 rings (SSSR count). The van der Waals surface area contributed by atoms with E-state index in [0.29, 0.717) is 22.5 Å². The number of rotatable bonds is 8. The molecule has 0 aromatic carbocycles. The molecule has 2 amide bonds. The lowest BCUT2D eigenvalue weighted by Crippen LogP contribution is -2.27. The number of hydrogen-bond acceptors (Lipinski definition) is 9. The van der Waals surface area contributed by atoms with Gasteiger partial charge in [0.2, 0.25) is 5.95 Å². The first-order valence-corrected chi connectivity index (χ1v) is 12.2. The van der Waals surface area contributed by atoms with E-state index in [4.69, 9.17) is 11.6 Å². The van der Waals surface area contributed by atoms with Crippen LogP contribution < -0.4 is 16.0 Å². The summed E-state index contributed by atoms with van der Waals surface area (Å²) in [6.07, 6.45) is -0.122. The minimum absolute atomic E-state index is 0.0559. The minimum atomic E-state index is -4.72. The number of carbonyl (C=O) groups excluding carboxylic acids is 2. The summed E-state index contributed by atoms with van der Waals surface area (Å²) in [5, 5.41) is 7.74. The van der Waals surface area contributed by atoms with Crippen molar-refractivity contribution >= 4 is 46.4 Å². The zero-order valence-electron chi connectivity index (χ0n) is 19.8. The standard InChI is InChI=1S/C23H17ClF4N8O2S/c1-11(35-20(37)15-5-18(34-10-33-15)30-7-12-2-3-17(25)29-6-12)22-32-9-16(39-22)21(38)36-19-4-13(23(26,27)28)14(24)8-31-19/h2-6,8-11H,7H2,1H3,(H,35,37)(H,30,33,34)(H,31,36,38). The van der Waals surface area contributed by atoms with Crippen LogP contribution in [0.15, 0.2) is 49.2 Å². The Morgan fingerprint density at radius 2 is 1.79 bits per heavy atom. The average Bonchev–Trinajstić information content (AvgIpc) is 3.40. The Bertz CT molecular complexity index is 1500. The first kappa shape index (κ1) is 27.8. The van der Waals surface area contributed by atoms with Crippen LogP contribution in [0.3, 0.4) is 0 Å². The predicted molar refractivity (Wildman–Crippen MR) is 134 cm³/mol. The smallest absolute Gasteiger partial charge is 0.366 e. The Balaban J connectivity index is 1.36. The van der Waals surface area contributed by atoms with E-state index in [1.54, 1.807) is 13.0 Å². The molecule has 0 radical (unpaired) electrons. The number of amides is 2. The van der Waals surface area contributed by atoms with Crippen molar-refractivity contribution in [3.8, 4) is 0 Å². The first-order chi connectivity index (χ1) is 18.5. The summed E-state index contributed by atoms with van der Waals surface area (Å²) >= 11 is 6.49. The molecule has 0 aliphatic heterocycles. The summed E-state index contributed by atoms with van der Waals surface area (Å²) in [4.78, 5) is 44.7. The van der Waals surface area contributed by atoms with E-state index in [-0.39, 0.29) is 22.9 Å². The third-order valence-corrected chi connectivity index (χ3v) is 6.51. The van der Waals surface area contributed by atoms with Gasteiger partial charge in [0.15, 0.2) is 0 Å². The Morgan fingerprint density at radius 3 is 2.51 bits per heavy atom. The number of alkyl halides is 3. The van der Waals surface area contributed by atoms with Crippen molar-refractivity contribution in [1.82, 2.24) is 30.2 Å². The van der Waals surface area contributed by atoms with Gasteiger partial charge in [0, 0.05) is 25.0 Å². The molecule has 4 aromatic heterocycles. The molecule has 202 valence electrons. The van der Waals surface area contributed by atoms with Gasteiger partial charge in [-0.05, 0) is 24.6 Å². The molecule has 1 unspecified atom stereocenters. The molecule has 0 fully saturated rings. The molecule has 0 bridgehead atoms. The molecule has 39 heavy (non-hydrogen) atoms. The van der Waals surface area contributed by atoms with Gasteiger partial charge in [0.25, 0.3) is 11.8 Å². The van der Waals surface area contributed by atoms with Crippen LogP contribution in [0.2, 0.25) is 5.02 Å². The van der Waals surface area contributed by atoms with Crippen LogP contribution in [0.25, 0.3) is 0 Å². The maximum atomic E-state index is 13.1. The largest absolute Gasteiger partial charge is 0.418 e. The van der Waals surface area contributed by atoms with Gasteiger partial charge in [0.1, 0.15) is 33.5 Å². The molecule has 16 heteroatoms.